The highest BCUT2D eigenvalue weighted by Gasteiger charge is 2.18. The molecular formula is C14H15ClFNS. The molecule has 0 bridgehead atoms. The van der Waals surface area contributed by atoms with Crippen LogP contribution in [0.2, 0.25) is 5.02 Å². The maximum atomic E-state index is 13.5. The van der Waals surface area contributed by atoms with Gasteiger partial charge in [-0.25, -0.2) is 4.39 Å². The van der Waals surface area contributed by atoms with E-state index < -0.39 is 0 Å². The summed E-state index contributed by atoms with van der Waals surface area (Å²) in [5, 5.41) is 7.70. The number of hydrogen-bond acceptors (Lipinski definition) is 2. The fourth-order valence-corrected chi connectivity index (χ4v) is 2.80. The van der Waals surface area contributed by atoms with E-state index in [9.17, 15) is 4.39 Å². The van der Waals surface area contributed by atoms with Gasteiger partial charge in [-0.05, 0) is 47.0 Å². The Bertz CT molecular complexity index is 499. The summed E-state index contributed by atoms with van der Waals surface area (Å²) in [5.74, 6) is -0.368. The minimum absolute atomic E-state index is 0.0422. The summed E-state index contributed by atoms with van der Waals surface area (Å²) in [6.07, 6.45) is 1.02. The average Bonchev–Trinajstić information content (AvgIpc) is 2.88. The zero-order chi connectivity index (χ0) is 13.0. The molecule has 96 valence electrons. The van der Waals surface area contributed by atoms with Crippen molar-refractivity contribution in [3.8, 4) is 0 Å². The third-order valence-electron chi connectivity index (χ3n) is 2.77. The zero-order valence-corrected chi connectivity index (χ0v) is 11.7. The predicted molar refractivity (Wildman–Crippen MR) is 75.9 cm³/mol. The summed E-state index contributed by atoms with van der Waals surface area (Å²) in [6.45, 7) is 2.97. The van der Waals surface area contributed by atoms with Crippen LogP contribution in [-0.2, 0) is 0 Å². The number of benzene rings is 1. The van der Waals surface area contributed by atoms with Crippen LogP contribution in [-0.4, -0.2) is 6.54 Å². The third-order valence-corrected chi connectivity index (χ3v) is 3.87. The highest BCUT2D eigenvalue weighted by molar-refractivity contribution is 7.08. The number of rotatable bonds is 5. The van der Waals surface area contributed by atoms with E-state index in [-0.39, 0.29) is 16.9 Å². The summed E-state index contributed by atoms with van der Waals surface area (Å²) in [6, 6.07) is 6.95. The van der Waals surface area contributed by atoms with Gasteiger partial charge in [-0.3, -0.25) is 0 Å². The van der Waals surface area contributed by atoms with Gasteiger partial charge >= 0.3 is 0 Å². The second-order valence-electron chi connectivity index (χ2n) is 4.09. The Labute approximate surface area is 116 Å². The average molecular weight is 284 g/mol. The largest absolute Gasteiger partial charge is 0.306 e. The van der Waals surface area contributed by atoms with Gasteiger partial charge in [0.1, 0.15) is 5.82 Å². The number of halogens is 2. The Morgan fingerprint density at radius 2 is 2.22 bits per heavy atom. The molecule has 0 saturated carbocycles. The molecule has 0 radical (unpaired) electrons. The lowest BCUT2D eigenvalue weighted by Gasteiger charge is -2.19. The number of nitrogens with one attached hydrogen (secondary N) is 1. The van der Waals surface area contributed by atoms with E-state index in [1.165, 1.54) is 6.07 Å². The van der Waals surface area contributed by atoms with Crippen molar-refractivity contribution in [2.45, 2.75) is 19.4 Å². The first-order valence-corrected chi connectivity index (χ1v) is 7.25. The van der Waals surface area contributed by atoms with Gasteiger partial charge in [0.05, 0.1) is 11.1 Å². The van der Waals surface area contributed by atoms with E-state index in [1.807, 2.05) is 17.5 Å². The monoisotopic (exact) mass is 283 g/mol. The van der Waals surface area contributed by atoms with E-state index in [0.717, 1.165) is 24.1 Å². The van der Waals surface area contributed by atoms with E-state index in [4.69, 9.17) is 11.6 Å². The molecule has 0 spiro atoms. The van der Waals surface area contributed by atoms with Crippen LogP contribution in [0, 0.1) is 5.82 Å². The minimum atomic E-state index is -0.368. The molecule has 0 fully saturated rings. The lowest BCUT2D eigenvalue weighted by atomic mass is 10.0. The maximum absolute atomic E-state index is 13.5. The van der Waals surface area contributed by atoms with Crippen molar-refractivity contribution in [2.75, 3.05) is 6.54 Å². The van der Waals surface area contributed by atoms with Gasteiger partial charge in [0.2, 0.25) is 0 Å². The zero-order valence-electron chi connectivity index (χ0n) is 10.1. The highest BCUT2D eigenvalue weighted by Crippen LogP contribution is 2.31. The number of hydrogen-bond donors (Lipinski definition) is 1. The van der Waals surface area contributed by atoms with Gasteiger partial charge in [-0.15, -0.1) is 0 Å². The second kappa shape index (κ2) is 6.32. The summed E-state index contributed by atoms with van der Waals surface area (Å²) < 4.78 is 13.5. The first-order valence-electron chi connectivity index (χ1n) is 5.93. The Morgan fingerprint density at radius 3 is 2.89 bits per heavy atom. The fourth-order valence-electron chi connectivity index (χ4n) is 1.88. The van der Waals surface area contributed by atoms with Crippen molar-refractivity contribution in [3.63, 3.8) is 0 Å². The van der Waals surface area contributed by atoms with Crippen molar-refractivity contribution in [2.24, 2.45) is 0 Å². The van der Waals surface area contributed by atoms with Crippen LogP contribution in [0.5, 0.6) is 0 Å². The molecule has 2 aromatic rings. The van der Waals surface area contributed by atoms with E-state index in [2.05, 4.69) is 17.6 Å². The standard InChI is InChI=1S/C14H15ClFNS/c1-2-7-17-14(10-6-8-18-9-10)11-4-3-5-12(16)13(11)15/h3-6,8-9,14,17H,2,7H2,1H3. The van der Waals surface area contributed by atoms with Crippen LogP contribution in [0.1, 0.15) is 30.5 Å². The molecule has 1 N–H and O–H groups in total. The maximum Gasteiger partial charge on any atom is 0.142 e. The van der Waals surface area contributed by atoms with Crippen molar-refractivity contribution in [1.82, 2.24) is 5.32 Å². The molecule has 1 atom stereocenters. The van der Waals surface area contributed by atoms with Crippen LogP contribution in [0.4, 0.5) is 4.39 Å². The topological polar surface area (TPSA) is 12.0 Å². The van der Waals surface area contributed by atoms with Gasteiger partial charge in [-0.2, -0.15) is 11.3 Å². The Kier molecular flexibility index (Phi) is 4.75. The first-order chi connectivity index (χ1) is 8.74. The summed E-state index contributed by atoms with van der Waals surface area (Å²) in [5.41, 5.74) is 1.92. The quantitative estimate of drug-likeness (QED) is 0.844. The first kappa shape index (κ1) is 13.5. The molecule has 2 rings (SSSR count). The van der Waals surface area contributed by atoms with E-state index in [0.29, 0.717) is 0 Å². The Morgan fingerprint density at radius 1 is 1.39 bits per heavy atom. The van der Waals surface area contributed by atoms with Gasteiger partial charge < -0.3 is 5.32 Å². The minimum Gasteiger partial charge on any atom is -0.306 e. The molecule has 0 aliphatic rings. The predicted octanol–water partition coefficient (Wildman–Crippen LogP) is 4.63. The Hall–Kier alpha value is -0.900. The molecule has 1 aromatic carbocycles. The molecule has 1 heterocycles. The van der Waals surface area contributed by atoms with Crippen molar-refractivity contribution >= 4 is 22.9 Å². The summed E-state index contributed by atoms with van der Waals surface area (Å²) in [7, 11) is 0. The molecule has 1 nitrogen and oxygen atoms in total. The van der Waals surface area contributed by atoms with Crippen molar-refractivity contribution in [1.29, 1.82) is 0 Å². The van der Waals surface area contributed by atoms with Gasteiger partial charge in [-0.1, -0.05) is 30.7 Å². The normalized spacial score (nSPS) is 12.6. The molecule has 0 amide bonds. The SMILES string of the molecule is CCCNC(c1ccsc1)c1cccc(F)c1Cl. The summed E-state index contributed by atoms with van der Waals surface area (Å²) >= 11 is 7.70. The van der Waals surface area contributed by atoms with Crippen molar-refractivity contribution < 1.29 is 4.39 Å². The molecule has 1 unspecified atom stereocenters. The van der Waals surface area contributed by atoms with Crippen LogP contribution in [0.3, 0.4) is 0 Å². The molecule has 0 aliphatic heterocycles. The van der Waals surface area contributed by atoms with Crippen LogP contribution in [0.25, 0.3) is 0 Å². The molecular weight excluding hydrogens is 269 g/mol. The summed E-state index contributed by atoms with van der Waals surface area (Å²) in [4.78, 5) is 0. The van der Waals surface area contributed by atoms with Crippen LogP contribution >= 0.6 is 22.9 Å². The lowest BCUT2D eigenvalue weighted by molar-refractivity contribution is 0.587. The van der Waals surface area contributed by atoms with Crippen LogP contribution < -0.4 is 5.32 Å². The smallest absolute Gasteiger partial charge is 0.142 e. The lowest BCUT2D eigenvalue weighted by Crippen LogP contribution is -2.23. The third kappa shape index (κ3) is 2.91. The van der Waals surface area contributed by atoms with Gasteiger partial charge in [0.15, 0.2) is 0 Å². The van der Waals surface area contributed by atoms with Gasteiger partial charge in [0, 0.05) is 0 Å². The van der Waals surface area contributed by atoms with Gasteiger partial charge in [0.25, 0.3) is 0 Å². The fraction of sp³-hybridized carbons (Fsp3) is 0.286. The molecule has 0 saturated heterocycles. The van der Waals surface area contributed by atoms with E-state index in [1.54, 1.807) is 17.4 Å². The molecule has 4 heteroatoms. The van der Waals surface area contributed by atoms with E-state index >= 15 is 0 Å². The second-order valence-corrected chi connectivity index (χ2v) is 5.24. The Balaban J connectivity index is 2.37. The molecule has 1 aromatic heterocycles. The highest BCUT2D eigenvalue weighted by atomic mass is 35.5. The number of thiophene rings is 1. The van der Waals surface area contributed by atoms with Crippen molar-refractivity contribution in [3.05, 3.63) is 57.0 Å². The molecule has 0 aliphatic carbocycles. The van der Waals surface area contributed by atoms with Crippen LogP contribution in [0.15, 0.2) is 35.0 Å². The molecule has 18 heavy (non-hydrogen) atoms.